The monoisotopic (exact) mass is 407 g/mol. The SMILES string of the molecule is CCn1nc(C)c(CCNC(=O)c2nnn3c2C(=O)NC(c2ccccc2)C3)c1C. The molecule has 3 aromatic rings. The molecule has 4 rings (SSSR count). The minimum atomic E-state index is -0.400. The van der Waals surface area contributed by atoms with Crippen LogP contribution in [0.2, 0.25) is 0 Å². The van der Waals surface area contributed by atoms with E-state index in [-0.39, 0.29) is 23.3 Å². The molecule has 1 aromatic carbocycles. The predicted octanol–water partition coefficient (Wildman–Crippen LogP) is 1.57. The lowest BCUT2D eigenvalue weighted by atomic mass is 10.0. The average molecular weight is 407 g/mol. The molecule has 9 heteroatoms. The Kier molecular flexibility index (Phi) is 5.35. The van der Waals surface area contributed by atoms with Gasteiger partial charge in [-0.15, -0.1) is 5.10 Å². The first-order valence-electron chi connectivity index (χ1n) is 10.1. The number of nitrogens with one attached hydrogen (secondary N) is 2. The van der Waals surface area contributed by atoms with Gasteiger partial charge in [-0.2, -0.15) is 5.10 Å². The highest BCUT2D eigenvalue weighted by Crippen LogP contribution is 2.21. The number of aryl methyl sites for hydroxylation is 2. The molecule has 2 aromatic heterocycles. The zero-order valence-corrected chi connectivity index (χ0v) is 17.3. The summed E-state index contributed by atoms with van der Waals surface area (Å²) in [6.07, 6.45) is 0.662. The maximum Gasteiger partial charge on any atom is 0.274 e. The van der Waals surface area contributed by atoms with E-state index in [0.717, 1.165) is 29.1 Å². The number of nitrogens with zero attached hydrogens (tertiary/aromatic N) is 5. The first-order valence-corrected chi connectivity index (χ1v) is 10.1. The number of hydrogen-bond acceptors (Lipinski definition) is 5. The summed E-state index contributed by atoms with van der Waals surface area (Å²) < 4.78 is 3.46. The third-order valence-corrected chi connectivity index (χ3v) is 5.52. The molecule has 1 aliphatic rings. The van der Waals surface area contributed by atoms with E-state index in [2.05, 4.69) is 26.0 Å². The van der Waals surface area contributed by atoms with Crippen molar-refractivity contribution in [1.29, 1.82) is 0 Å². The molecule has 0 bridgehead atoms. The molecule has 0 spiro atoms. The van der Waals surface area contributed by atoms with Gasteiger partial charge in [-0.25, -0.2) is 4.68 Å². The van der Waals surface area contributed by atoms with E-state index in [9.17, 15) is 9.59 Å². The first-order chi connectivity index (χ1) is 14.5. The second-order valence-electron chi connectivity index (χ2n) is 7.38. The molecule has 2 amide bonds. The van der Waals surface area contributed by atoms with E-state index in [1.807, 2.05) is 55.8 Å². The second-order valence-corrected chi connectivity index (χ2v) is 7.38. The van der Waals surface area contributed by atoms with Crippen LogP contribution in [0.3, 0.4) is 0 Å². The Hall–Kier alpha value is -3.49. The number of aromatic nitrogens is 5. The van der Waals surface area contributed by atoms with Gasteiger partial charge in [-0.3, -0.25) is 14.3 Å². The largest absolute Gasteiger partial charge is 0.350 e. The molecule has 9 nitrogen and oxygen atoms in total. The zero-order chi connectivity index (χ0) is 21.3. The number of carbonyl (C=O) groups excluding carboxylic acids is 2. The molecule has 1 unspecified atom stereocenters. The Morgan fingerprint density at radius 2 is 2.03 bits per heavy atom. The molecule has 2 N–H and O–H groups in total. The van der Waals surface area contributed by atoms with E-state index in [1.165, 1.54) is 4.68 Å². The fourth-order valence-electron chi connectivity index (χ4n) is 3.93. The standard InChI is InChI=1S/C21H25N7O2/c1-4-27-14(3)16(13(2)25-27)10-11-22-20(29)18-19-21(30)23-17(12-28(19)26-24-18)15-8-6-5-7-9-15/h5-9,17H,4,10-12H2,1-3H3,(H,22,29)(H,23,30). The Balaban J connectivity index is 1.44. The molecule has 1 aliphatic heterocycles. The lowest BCUT2D eigenvalue weighted by Gasteiger charge is -2.24. The molecular weight excluding hydrogens is 382 g/mol. The molecule has 30 heavy (non-hydrogen) atoms. The molecule has 0 radical (unpaired) electrons. The van der Waals surface area contributed by atoms with Gasteiger partial charge in [-0.1, -0.05) is 35.5 Å². The molecular formula is C21H25N7O2. The first kappa shape index (κ1) is 19.8. The summed E-state index contributed by atoms with van der Waals surface area (Å²) in [6.45, 7) is 7.72. The van der Waals surface area contributed by atoms with Gasteiger partial charge in [0.25, 0.3) is 11.8 Å². The predicted molar refractivity (Wildman–Crippen MR) is 110 cm³/mol. The molecule has 0 saturated heterocycles. The number of rotatable bonds is 6. The maximum absolute atomic E-state index is 12.7. The van der Waals surface area contributed by atoms with Gasteiger partial charge in [0.1, 0.15) is 0 Å². The van der Waals surface area contributed by atoms with Gasteiger partial charge in [0.2, 0.25) is 0 Å². The fraction of sp³-hybridized carbons (Fsp3) is 0.381. The van der Waals surface area contributed by atoms with Crippen molar-refractivity contribution in [3.8, 4) is 0 Å². The number of amides is 2. The van der Waals surface area contributed by atoms with Crippen molar-refractivity contribution in [2.75, 3.05) is 6.54 Å². The number of carbonyl (C=O) groups is 2. The minimum absolute atomic E-state index is 0.0525. The van der Waals surface area contributed by atoms with Crippen molar-refractivity contribution in [2.24, 2.45) is 0 Å². The molecule has 0 fully saturated rings. The van der Waals surface area contributed by atoms with Crippen LogP contribution in [0, 0.1) is 13.8 Å². The highest BCUT2D eigenvalue weighted by Gasteiger charge is 2.32. The molecule has 0 aliphatic carbocycles. The lowest BCUT2D eigenvalue weighted by molar-refractivity contribution is 0.0876. The third kappa shape index (κ3) is 3.58. The number of hydrogen-bond donors (Lipinski definition) is 2. The van der Waals surface area contributed by atoms with Crippen LogP contribution in [-0.4, -0.2) is 43.1 Å². The lowest BCUT2D eigenvalue weighted by Crippen LogP contribution is -2.40. The molecule has 156 valence electrons. The maximum atomic E-state index is 12.7. The highest BCUT2D eigenvalue weighted by molar-refractivity contribution is 6.05. The second kappa shape index (κ2) is 8.10. The summed E-state index contributed by atoms with van der Waals surface area (Å²) in [5.74, 6) is -0.746. The normalized spacial score (nSPS) is 15.6. The van der Waals surface area contributed by atoms with Crippen LogP contribution < -0.4 is 10.6 Å². The van der Waals surface area contributed by atoms with Gasteiger partial charge < -0.3 is 10.6 Å². The summed E-state index contributed by atoms with van der Waals surface area (Å²) in [7, 11) is 0. The number of fused-ring (bicyclic) bond motifs is 1. The molecule has 1 atom stereocenters. The zero-order valence-electron chi connectivity index (χ0n) is 17.3. The summed E-state index contributed by atoms with van der Waals surface area (Å²) >= 11 is 0. The summed E-state index contributed by atoms with van der Waals surface area (Å²) in [5.41, 5.74) is 4.44. The van der Waals surface area contributed by atoms with E-state index in [0.29, 0.717) is 19.5 Å². The van der Waals surface area contributed by atoms with Crippen molar-refractivity contribution in [3.05, 3.63) is 64.2 Å². The topological polar surface area (TPSA) is 107 Å². The van der Waals surface area contributed by atoms with E-state index in [1.54, 1.807) is 0 Å². The molecule has 3 heterocycles. The summed E-state index contributed by atoms with van der Waals surface area (Å²) in [4.78, 5) is 25.3. The Labute approximate surface area is 174 Å². The van der Waals surface area contributed by atoms with E-state index in [4.69, 9.17) is 0 Å². The third-order valence-electron chi connectivity index (χ3n) is 5.52. The van der Waals surface area contributed by atoms with Crippen molar-refractivity contribution in [2.45, 2.75) is 46.3 Å². The minimum Gasteiger partial charge on any atom is -0.350 e. The van der Waals surface area contributed by atoms with Crippen LogP contribution in [0.25, 0.3) is 0 Å². The Morgan fingerprint density at radius 3 is 2.73 bits per heavy atom. The van der Waals surface area contributed by atoms with Crippen LogP contribution in [0.15, 0.2) is 30.3 Å². The van der Waals surface area contributed by atoms with Gasteiger partial charge >= 0.3 is 0 Å². The quantitative estimate of drug-likeness (QED) is 0.645. The number of benzene rings is 1. The summed E-state index contributed by atoms with van der Waals surface area (Å²) in [6, 6.07) is 9.46. The highest BCUT2D eigenvalue weighted by atomic mass is 16.2. The Bertz CT molecular complexity index is 1080. The van der Waals surface area contributed by atoms with Crippen molar-refractivity contribution >= 4 is 11.8 Å². The average Bonchev–Trinajstić information content (AvgIpc) is 3.30. The van der Waals surface area contributed by atoms with Crippen LogP contribution in [0.5, 0.6) is 0 Å². The van der Waals surface area contributed by atoms with Gasteiger partial charge in [0.15, 0.2) is 11.4 Å². The van der Waals surface area contributed by atoms with Gasteiger partial charge in [0.05, 0.1) is 18.3 Å². The van der Waals surface area contributed by atoms with Crippen molar-refractivity contribution < 1.29 is 9.59 Å². The molecule has 0 saturated carbocycles. The Morgan fingerprint density at radius 1 is 1.27 bits per heavy atom. The van der Waals surface area contributed by atoms with Crippen LogP contribution in [0.1, 0.15) is 56.5 Å². The van der Waals surface area contributed by atoms with E-state index >= 15 is 0 Å². The fourth-order valence-corrected chi connectivity index (χ4v) is 3.93. The van der Waals surface area contributed by atoms with Crippen LogP contribution in [-0.2, 0) is 19.5 Å². The summed E-state index contributed by atoms with van der Waals surface area (Å²) in [5, 5.41) is 18.3. The van der Waals surface area contributed by atoms with Gasteiger partial charge in [0, 0.05) is 18.8 Å². The van der Waals surface area contributed by atoms with Crippen LogP contribution in [0.4, 0.5) is 0 Å². The van der Waals surface area contributed by atoms with Crippen LogP contribution >= 0.6 is 0 Å². The van der Waals surface area contributed by atoms with E-state index < -0.39 is 5.91 Å². The van der Waals surface area contributed by atoms with Crippen molar-refractivity contribution in [3.63, 3.8) is 0 Å². The van der Waals surface area contributed by atoms with Gasteiger partial charge in [-0.05, 0) is 38.3 Å². The van der Waals surface area contributed by atoms with Crippen molar-refractivity contribution in [1.82, 2.24) is 35.4 Å². The smallest absolute Gasteiger partial charge is 0.274 e.